The van der Waals surface area contributed by atoms with E-state index in [1.165, 1.54) is 11.3 Å². The van der Waals surface area contributed by atoms with E-state index >= 15 is 0 Å². The zero-order valence-corrected chi connectivity index (χ0v) is 12.3. The number of aliphatic imine (C=N–C) groups is 1. The van der Waals surface area contributed by atoms with E-state index in [1.807, 2.05) is 0 Å². The standard InChI is InChI=1S/C10H10N2O3S.Na/c1-2-10(6-4-3-5-16-6)7(13)11-9(15)12-8(10)14;/h3-5H,2H2,1H3,(H2,11,12,13,14,15);/q;+1/p-1. The van der Waals surface area contributed by atoms with Crippen LogP contribution in [-0.2, 0) is 15.0 Å². The Morgan fingerprint density at radius 2 is 2.24 bits per heavy atom. The van der Waals surface area contributed by atoms with Crippen LogP contribution in [0.4, 0.5) is 0 Å². The number of hydrogen-bond acceptors (Lipinski definition) is 4. The molecular weight excluding hydrogens is 251 g/mol. The maximum Gasteiger partial charge on any atom is 1.00 e. The maximum atomic E-state index is 11.9. The van der Waals surface area contributed by atoms with Gasteiger partial charge in [-0.25, -0.2) is 4.99 Å². The second-order valence-electron chi connectivity index (χ2n) is 3.41. The molecule has 0 spiro atoms. The molecule has 1 unspecified atom stereocenters. The Bertz CT molecular complexity index is 472. The SMILES string of the molecule is CCC1(c2cccs2)C(=O)N=C([O-])NC1=O.[Na+]. The Morgan fingerprint density at radius 1 is 1.53 bits per heavy atom. The molecule has 17 heavy (non-hydrogen) atoms. The first-order chi connectivity index (χ1) is 7.61. The number of rotatable bonds is 2. The molecule has 0 fully saturated rings. The van der Waals surface area contributed by atoms with Crippen LogP contribution in [0.1, 0.15) is 18.2 Å². The molecule has 84 valence electrons. The summed E-state index contributed by atoms with van der Waals surface area (Å²) >= 11 is 1.31. The maximum absolute atomic E-state index is 11.9. The summed E-state index contributed by atoms with van der Waals surface area (Å²) in [6, 6.07) is 2.58. The van der Waals surface area contributed by atoms with Gasteiger partial charge in [0.15, 0.2) is 5.41 Å². The first kappa shape index (κ1) is 14.4. The summed E-state index contributed by atoms with van der Waals surface area (Å²) in [5, 5.41) is 14.8. The van der Waals surface area contributed by atoms with Gasteiger partial charge < -0.3 is 10.4 Å². The number of carbonyl (C=O) groups excluding carboxylic acids is 2. The number of amidine groups is 1. The molecule has 0 aliphatic carbocycles. The summed E-state index contributed by atoms with van der Waals surface area (Å²) in [5.41, 5.74) is -1.32. The molecule has 0 bridgehead atoms. The Balaban J connectivity index is 0.00000144. The van der Waals surface area contributed by atoms with Crippen LogP contribution in [-0.4, -0.2) is 17.8 Å². The number of hydrogen-bond donors (Lipinski definition) is 1. The number of amides is 2. The molecule has 7 heteroatoms. The molecule has 5 nitrogen and oxygen atoms in total. The zero-order valence-electron chi connectivity index (χ0n) is 9.52. The monoisotopic (exact) mass is 260 g/mol. The molecule has 2 rings (SSSR count). The third kappa shape index (κ3) is 2.18. The van der Waals surface area contributed by atoms with Crippen molar-refractivity contribution in [2.75, 3.05) is 0 Å². The van der Waals surface area contributed by atoms with Crippen LogP contribution >= 0.6 is 11.3 Å². The summed E-state index contributed by atoms with van der Waals surface area (Å²) in [6.45, 7) is 1.72. The molecular formula is C10H9N2NaO3S. The van der Waals surface area contributed by atoms with E-state index in [0.29, 0.717) is 4.88 Å². The molecule has 0 radical (unpaired) electrons. The summed E-state index contributed by atoms with van der Waals surface area (Å²) in [7, 11) is 0. The predicted molar refractivity (Wildman–Crippen MR) is 56.9 cm³/mol. The molecule has 0 saturated carbocycles. The van der Waals surface area contributed by atoms with Crippen molar-refractivity contribution >= 4 is 29.2 Å². The van der Waals surface area contributed by atoms with Crippen LogP contribution in [0.25, 0.3) is 0 Å². The van der Waals surface area contributed by atoms with Gasteiger partial charge in [-0.3, -0.25) is 9.59 Å². The van der Waals surface area contributed by atoms with Crippen LogP contribution < -0.4 is 40.0 Å². The van der Waals surface area contributed by atoms with Gasteiger partial charge in [0.1, 0.15) is 0 Å². The Kier molecular flexibility index (Phi) is 4.48. The molecule has 1 aromatic rings. The average Bonchev–Trinajstić information content (AvgIpc) is 2.71. The summed E-state index contributed by atoms with van der Waals surface area (Å²) in [5.74, 6) is -1.26. The molecule has 1 atom stereocenters. The van der Waals surface area contributed by atoms with Crippen LogP contribution in [0.2, 0.25) is 0 Å². The van der Waals surface area contributed by atoms with Crippen molar-refractivity contribution in [1.82, 2.24) is 5.32 Å². The molecule has 0 aromatic carbocycles. The first-order valence-electron chi connectivity index (χ1n) is 4.77. The molecule has 1 aliphatic heterocycles. The number of nitrogens with one attached hydrogen (secondary N) is 1. The van der Waals surface area contributed by atoms with Crippen LogP contribution in [0.3, 0.4) is 0 Å². The molecule has 1 aromatic heterocycles. The normalized spacial score (nSPS) is 23.7. The van der Waals surface area contributed by atoms with E-state index in [0.717, 1.165) is 0 Å². The van der Waals surface area contributed by atoms with E-state index in [1.54, 1.807) is 24.4 Å². The third-order valence-electron chi connectivity index (χ3n) is 2.65. The van der Waals surface area contributed by atoms with Gasteiger partial charge in [0, 0.05) is 4.88 Å². The smallest absolute Gasteiger partial charge is 0.846 e. The summed E-state index contributed by atoms with van der Waals surface area (Å²) in [6.07, 6.45) is 0.287. The first-order valence-corrected chi connectivity index (χ1v) is 5.65. The van der Waals surface area contributed by atoms with Crippen LogP contribution in [0.15, 0.2) is 22.5 Å². The van der Waals surface area contributed by atoms with Crippen LogP contribution in [0.5, 0.6) is 0 Å². The summed E-state index contributed by atoms with van der Waals surface area (Å²) < 4.78 is 0. The van der Waals surface area contributed by atoms with Gasteiger partial charge in [0.05, 0.1) is 6.02 Å². The van der Waals surface area contributed by atoms with Crippen molar-refractivity contribution in [2.24, 2.45) is 4.99 Å². The Morgan fingerprint density at radius 3 is 2.71 bits per heavy atom. The van der Waals surface area contributed by atoms with E-state index in [9.17, 15) is 14.7 Å². The molecule has 1 aliphatic rings. The number of thiophene rings is 1. The topological polar surface area (TPSA) is 81.6 Å². The van der Waals surface area contributed by atoms with Gasteiger partial charge in [0.25, 0.3) is 5.91 Å². The fourth-order valence-corrected chi connectivity index (χ4v) is 2.73. The van der Waals surface area contributed by atoms with Crippen molar-refractivity contribution in [3.05, 3.63) is 22.4 Å². The average molecular weight is 260 g/mol. The van der Waals surface area contributed by atoms with Gasteiger partial charge in [0.2, 0.25) is 5.91 Å². The fraction of sp³-hybridized carbons (Fsp3) is 0.300. The second-order valence-corrected chi connectivity index (χ2v) is 4.36. The molecule has 1 N–H and O–H groups in total. The number of carbonyl (C=O) groups is 2. The Hall–Kier alpha value is -0.690. The van der Waals surface area contributed by atoms with Crippen molar-refractivity contribution < 1.29 is 44.3 Å². The van der Waals surface area contributed by atoms with Crippen molar-refractivity contribution in [2.45, 2.75) is 18.8 Å². The zero-order chi connectivity index (χ0) is 11.8. The molecule has 2 heterocycles. The minimum atomic E-state index is -1.32. The number of nitrogens with zero attached hydrogens (tertiary/aromatic N) is 1. The van der Waals surface area contributed by atoms with E-state index in [-0.39, 0.29) is 36.0 Å². The fourth-order valence-electron chi connectivity index (χ4n) is 1.74. The van der Waals surface area contributed by atoms with E-state index in [4.69, 9.17) is 0 Å². The van der Waals surface area contributed by atoms with Gasteiger partial charge >= 0.3 is 29.6 Å². The van der Waals surface area contributed by atoms with Crippen LogP contribution in [0, 0.1) is 0 Å². The molecule has 2 amide bonds. The minimum absolute atomic E-state index is 0. The van der Waals surface area contributed by atoms with E-state index in [2.05, 4.69) is 10.3 Å². The van der Waals surface area contributed by atoms with Gasteiger partial charge in [-0.05, 0) is 17.9 Å². The van der Waals surface area contributed by atoms with Gasteiger partial charge in [-0.15, -0.1) is 11.3 Å². The Labute approximate surface area is 124 Å². The van der Waals surface area contributed by atoms with Gasteiger partial charge in [-0.2, -0.15) is 0 Å². The molecule has 0 saturated heterocycles. The van der Waals surface area contributed by atoms with E-state index < -0.39 is 23.3 Å². The quantitative estimate of drug-likeness (QED) is 0.448. The van der Waals surface area contributed by atoms with Crippen molar-refractivity contribution in [1.29, 1.82) is 0 Å². The summed E-state index contributed by atoms with van der Waals surface area (Å²) in [4.78, 5) is 27.6. The van der Waals surface area contributed by atoms with Gasteiger partial charge in [-0.1, -0.05) is 13.0 Å². The third-order valence-corrected chi connectivity index (χ3v) is 3.68. The largest absolute Gasteiger partial charge is 1.00 e. The minimum Gasteiger partial charge on any atom is -0.846 e. The van der Waals surface area contributed by atoms with Crippen molar-refractivity contribution in [3.63, 3.8) is 0 Å². The second kappa shape index (κ2) is 5.30. The predicted octanol–water partition coefficient (Wildman–Crippen LogP) is -3.23. The van der Waals surface area contributed by atoms with Crippen molar-refractivity contribution in [3.8, 4) is 0 Å².